The van der Waals surface area contributed by atoms with Crippen LogP contribution in [0.3, 0.4) is 0 Å². The van der Waals surface area contributed by atoms with Crippen LogP contribution in [0.5, 0.6) is 0 Å². The molecular weight excluding hydrogens is 283 g/mol. The second-order valence-corrected chi connectivity index (χ2v) is 7.59. The van der Waals surface area contributed by atoms with Crippen LogP contribution in [0, 0.1) is 13.8 Å². The van der Waals surface area contributed by atoms with Crippen molar-refractivity contribution in [2.75, 3.05) is 0 Å². The van der Waals surface area contributed by atoms with Crippen LogP contribution in [0.25, 0.3) is 11.1 Å². The molecule has 2 nitrogen and oxygen atoms in total. The second kappa shape index (κ2) is 5.50. The molecule has 3 rings (SSSR count). The number of aryl methyl sites for hydroxylation is 2. The smallest absolute Gasteiger partial charge is 0.399 e. The molecule has 2 aromatic carbocycles. The highest BCUT2D eigenvalue weighted by Crippen LogP contribution is 2.36. The Morgan fingerprint density at radius 1 is 0.696 bits per heavy atom. The molecular formula is C20H25BO2. The lowest BCUT2D eigenvalue weighted by Crippen LogP contribution is -2.41. The first-order valence-electron chi connectivity index (χ1n) is 8.22. The summed E-state index contributed by atoms with van der Waals surface area (Å²) in [7, 11) is -0.298. The molecule has 0 aromatic heterocycles. The third-order valence-corrected chi connectivity index (χ3v) is 4.99. The largest absolute Gasteiger partial charge is 0.494 e. The van der Waals surface area contributed by atoms with Gasteiger partial charge in [0.1, 0.15) is 0 Å². The van der Waals surface area contributed by atoms with Gasteiger partial charge in [0.2, 0.25) is 0 Å². The Morgan fingerprint density at radius 3 is 1.65 bits per heavy atom. The zero-order valence-corrected chi connectivity index (χ0v) is 14.9. The summed E-state index contributed by atoms with van der Waals surface area (Å²) in [5.41, 5.74) is 5.51. The predicted octanol–water partition coefficient (Wildman–Crippen LogP) is 4.27. The third-order valence-electron chi connectivity index (χ3n) is 4.99. The van der Waals surface area contributed by atoms with Crippen molar-refractivity contribution < 1.29 is 9.31 Å². The van der Waals surface area contributed by atoms with Gasteiger partial charge < -0.3 is 9.31 Å². The zero-order chi connectivity index (χ0) is 16.8. The molecule has 1 aliphatic heterocycles. The molecule has 0 bridgehead atoms. The molecule has 0 atom stereocenters. The fourth-order valence-electron chi connectivity index (χ4n) is 2.95. The Kier molecular flexibility index (Phi) is 3.90. The predicted molar refractivity (Wildman–Crippen MR) is 97.1 cm³/mol. The summed E-state index contributed by atoms with van der Waals surface area (Å²) in [5, 5.41) is 0. The van der Waals surface area contributed by atoms with Crippen molar-refractivity contribution in [1.29, 1.82) is 0 Å². The summed E-state index contributed by atoms with van der Waals surface area (Å²) in [6.07, 6.45) is 0. The molecule has 1 saturated heterocycles. The first kappa shape index (κ1) is 16.3. The number of hydrogen-bond acceptors (Lipinski definition) is 2. The Hall–Kier alpha value is -1.58. The Balaban J connectivity index is 1.86. The van der Waals surface area contributed by atoms with E-state index in [1.54, 1.807) is 0 Å². The maximum atomic E-state index is 6.11. The number of benzene rings is 2. The molecule has 0 aliphatic carbocycles. The van der Waals surface area contributed by atoms with E-state index in [4.69, 9.17) is 9.31 Å². The highest BCUT2D eigenvalue weighted by Gasteiger charge is 2.51. The zero-order valence-electron chi connectivity index (χ0n) is 14.9. The van der Waals surface area contributed by atoms with Crippen LogP contribution in [-0.2, 0) is 9.31 Å². The van der Waals surface area contributed by atoms with Crippen molar-refractivity contribution in [3.05, 3.63) is 53.6 Å². The lowest BCUT2D eigenvalue weighted by molar-refractivity contribution is 0.00578. The van der Waals surface area contributed by atoms with Gasteiger partial charge in [0.25, 0.3) is 0 Å². The summed E-state index contributed by atoms with van der Waals surface area (Å²) in [6.45, 7) is 12.6. The molecule has 120 valence electrons. The van der Waals surface area contributed by atoms with E-state index in [-0.39, 0.29) is 18.3 Å². The fourth-order valence-corrected chi connectivity index (χ4v) is 2.95. The fraction of sp³-hybridized carbons (Fsp3) is 0.400. The standard InChI is InChI=1S/C20H25BO2/c1-14-11-15(2)13-17(12-14)16-7-9-18(10-8-16)21-22-19(3,4)20(5,6)23-21/h7-13H,1-6H3. The van der Waals surface area contributed by atoms with E-state index >= 15 is 0 Å². The van der Waals surface area contributed by atoms with E-state index in [2.05, 4.69) is 84.0 Å². The minimum Gasteiger partial charge on any atom is -0.399 e. The van der Waals surface area contributed by atoms with Crippen LogP contribution in [0.1, 0.15) is 38.8 Å². The van der Waals surface area contributed by atoms with Crippen LogP contribution in [0.2, 0.25) is 0 Å². The van der Waals surface area contributed by atoms with Gasteiger partial charge in [-0.05, 0) is 58.1 Å². The van der Waals surface area contributed by atoms with Crippen molar-refractivity contribution in [2.24, 2.45) is 0 Å². The normalized spacial score (nSPS) is 19.1. The molecule has 0 saturated carbocycles. The van der Waals surface area contributed by atoms with E-state index in [0.29, 0.717) is 0 Å². The average molecular weight is 308 g/mol. The van der Waals surface area contributed by atoms with Gasteiger partial charge in [0, 0.05) is 0 Å². The summed E-state index contributed by atoms with van der Waals surface area (Å²) in [4.78, 5) is 0. The molecule has 0 N–H and O–H groups in total. The van der Waals surface area contributed by atoms with E-state index in [0.717, 1.165) is 5.46 Å². The highest BCUT2D eigenvalue weighted by molar-refractivity contribution is 6.62. The molecule has 0 radical (unpaired) electrons. The van der Waals surface area contributed by atoms with Crippen LogP contribution >= 0.6 is 0 Å². The van der Waals surface area contributed by atoms with E-state index in [1.165, 1.54) is 22.3 Å². The van der Waals surface area contributed by atoms with Crippen molar-refractivity contribution in [1.82, 2.24) is 0 Å². The third kappa shape index (κ3) is 3.08. The molecule has 3 heteroatoms. The van der Waals surface area contributed by atoms with E-state index < -0.39 is 0 Å². The van der Waals surface area contributed by atoms with Crippen LogP contribution in [0.15, 0.2) is 42.5 Å². The summed E-state index contributed by atoms with van der Waals surface area (Å²) >= 11 is 0. The van der Waals surface area contributed by atoms with Gasteiger partial charge in [-0.25, -0.2) is 0 Å². The average Bonchev–Trinajstić information content (AvgIpc) is 2.66. The molecule has 1 aliphatic rings. The maximum Gasteiger partial charge on any atom is 0.494 e. The Labute approximate surface area is 140 Å². The maximum absolute atomic E-state index is 6.11. The SMILES string of the molecule is Cc1cc(C)cc(-c2ccc(B3OC(C)(C)C(C)(C)O3)cc2)c1. The molecule has 2 aromatic rings. The van der Waals surface area contributed by atoms with Gasteiger partial charge in [-0.1, -0.05) is 53.6 Å². The summed E-state index contributed by atoms with van der Waals surface area (Å²) in [5.74, 6) is 0. The molecule has 1 heterocycles. The first-order chi connectivity index (χ1) is 10.7. The van der Waals surface area contributed by atoms with Gasteiger partial charge in [-0.3, -0.25) is 0 Å². The van der Waals surface area contributed by atoms with Crippen LogP contribution < -0.4 is 5.46 Å². The van der Waals surface area contributed by atoms with Gasteiger partial charge >= 0.3 is 7.12 Å². The number of rotatable bonds is 2. The topological polar surface area (TPSA) is 18.5 Å². The lowest BCUT2D eigenvalue weighted by atomic mass is 9.78. The van der Waals surface area contributed by atoms with E-state index in [9.17, 15) is 0 Å². The highest BCUT2D eigenvalue weighted by atomic mass is 16.7. The number of hydrogen-bond donors (Lipinski definition) is 0. The second-order valence-electron chi connectivity index (χ2n) is 7.59. The van der Waals surface area contributed by atoms with Crippen molar-refractivity contribution in [2.45, 2.75) is 52.7 Å². The molecule has 0 spiro atoms. The minimum absolute atomic E-state index is 0.298. The molecule has 0 unspecified atom stereocenters. The molecule has 23 heavy (non-hydrogen) atoms. The monoisotopic (exact) mass is 308 g/mol. The quantitative estimate of drug-likeness (QED) is 0.771. The van der Waals surface area contributed by atoms with Crippen LogP contribution in [0.4, 0.5) is 0 Å². The van der Waals surface area contributed by atoms with Crippen molar-refractivity contribution >= 4 is 12.6 Å². The van der Waals surface area contributed by atoms with Gasteiger partial charge in [0.15, 0.2) is 0 Å². The Bertz CT molecular complexity index is 681. The minimum atomic E-state index is -0.302. The van der Waals surface area contributed by atoms with Crippen LogP contribution in [-0.4, -0.2) is 18.3 Å². The van der Waals surface area contributed by atoms with Gasteiger partial charge in [-0.15, -0.1) is 0 Å². The van der Waals surface area contributed by atoms with E-state index in [1.807, 2.05) is 0 Å². The van der Waals surface area contributed by atoms with Gasteiger partial charge in [-0.2, -0.15) is 0 Å². The first-order valence-corrected chi connectivity index (χ1v) is 8.22. The molecule has 1 fully saturated rings. The summed E-state index contributed by atoms with van der Waals surface area (Å²) in [6, 6.07) is 15.1. The van der Waals surface area contributed by atoms with Crippen molar-refractivity contribution in [3.63, 3.8) is 0 Å². The lowest BCUT2D eigenvalue weighted by Gasteiger charge is -2.32. The Morgan fingerprint density at radius 2 is 1.17 bits per heavy atom. The van der Waals surface area contributed by atoms with Crippen molar-refractivity contribution in [3.8, 4) is 11.1 Å². The van der Waals surface area contributed by atoms with Gasteiger partial charge in [0.05, 0.1) is 11.2 Å². The molecule has 0 amide bonds. The summed E-state index contributed by atoms with van der Waals surface area (Å²) < 4.78 is 12.2.